The van der Waals surface area contributed by atoms with Crippen molar-refractivity contribution in [1.29, 1.82) is 0 Å². The Morgan fingerprint density at radius 1 is 1.13 bits per heavy atom. The van der Waals surface area contributed by atoms with Gasteiger partial charge in [0.1, 0.15) is 30.2 Å². The number of hydrogen-bond donors (Lipinski definition) is 5. The molecule has 6 atom stereocenters. The minimum atomic E-state index is -1.61. The fourth-order valence-corrected chi connectivity index (χ4v) is 2.42. The van der Waals surface area contributed by atoms with E-state index < -0.39 is 49.5 Å². The van der Waals surface area contributed by atoms with Crippen LogP contribution in [0.1, 0.15) is 0 Å². The number of aliphatic hydroxyl groups excluding tert-OH is 4. The fourth-order valence-electron chi connectivity index (χ4n) is 2.42. The molecule has 9 nitrogen and oxygen atoms in total. The van der Waals surface area contributed by atoms with Crippen molar-refractivity contribution in [2.45, 2.75) is 37.0 Å². The van der Waals surface area contributed by atoms with E-state index in [1.807, 2.05) is 0 Å². The predicted molar refractivity (Wildman–Crippen MR) is 74.3 cm³/mol. The van der Waals surface area contributed by atoms with E-state index in [-0.39, 0.29) is 0 Å². The SMILES string of the molecule is O=C1Nc2ccccc2O[C@@H]1OC1OC(CO)C(O)C(O)C1O. The molecule has 126 valence electrons. The summed E-state index contributed by atoms with van der Waals surface area (Å²) in [5, 5.41) is 41.0. The van der Waals surface area contributed by atoms with Gasteiger partial charge in [-0.15, -0.1) is 0 Å². The normalized spacial score (nSPS) is 36.8. The first-order chi connectivity index (χ1) is 11.0. The molecule has 0 aromatic heterocycles. The third kappa shape index (κ3) is 3.02. The quantitative estimate of drug-likeness (QED) is 0.437. The Morgan fingerprint density at radius 2 is 1.87 bits per heavy atom. The number of benzene rings is 1. The lowest BCUT2D eigenvalue weighted by Crippen LogP contribution is -2.60. The average molecular weight is 327 g/mol. The summed E-state index contributed by atoms with van der Waals surface area (Å²) in [5.74, 6) is -0.234. The van der Waals surface area contributed by atoms with Crippen LogP contribution < -0.4 is 10.1 Å². The lowest BCUT2D eigenvalue weighted by Gasteiger charge is -2.40. The summed E-state index contributed by atoms with van der Waals surface area (Å²) >= 11 is 0. The molecule has 0 spiro atoms. The molecule has 0 radical (unpaired) electrons. The van der Waals surface area contributed by atoms with Crippen LogP contribution in [0.4, 0.5) is 5.69 Å². The molecule has 1 aromatic carbocycles. The van der Waals surface area contributed by atoms with Gasteiger partial charge in [0.2, 0.25) is 0 Å². The van der Waals surface area contributed by atoms with E-state index in [1.54, 1.807) is 24.3 Å². The molecule has 5 N–H and O–H groups in total. The highest BCUT2D eigenvalue weighted by Gasteiger charge is 2.46. The van der Waals surface area contributed by atoms with Crippen LogP contribution in [0.3, 0.4) is 0 Å². The van der Waals surface area contributed by atoms with Crippen LogP contribution in [-0.4, -0.2) is 69.9 Å². The standard InChI is InChI=1S/C14H17NO8/c16-5-8-9(17)10(18)11(19)13(22-8)23-14-12(20)15-6-3-1-2-4-7(6)21-14/h1-4,8-11,13-14,16-19H,5H2,(H,15,20)/t8?,9?,10?,11?,13?,14-/m1/s1. The lowest BCUT2D eigenvalue weighted by atomic mass is 9.99. The Balaban J connectivity index is 1.72. The number of ether oxygens (including phenoxy) is 3. The lowest BCUT2D eigenvalue weighted by molar-refractivity contribution is -0.322. The topological polar surface area (TPSA) is 138 Å². The first kappa shape index (κ1) is 16.1. The molecule has 0 bridgehead atoms. The van der Waals surface area contributed by atoms with E-state index in [0.717, 1.165) is 0 Å². The van der Waals surface area contributed by atoms with Crippen LogP contribution in [0.15, 0.2) is 24.3 Å². The summed E-state index contributed by atoms with van der Waals surface area (Å²) in [6.07, 6.45) is -8.70. The van der Waals surface area contributed by atoms with Gasteiger partial charge in [-0.1, -0.05) is 12.1 Å². The summed E-state index contributed by atoms with van der Waals surface area (Å²) in [5.41, 5.74) is 0.478. The average Bonchev–Trinajstić information content (AvgIpc) is 2.56. The number of aliphatic hydroxyl groups is 4. The van der Waals surface area contributed by atoms with Gasteiger partial charge in [0.05, 0.1) is 12.3 Å². The number of hydrogen-bond acceptors (Lipinski definition) is 8. The van der Waals surface area contributed by atoms with Crippen molar-refractivity contribution >= 4 is 11.6 Å². The van der Waals surface area contributed by atoms with Crippen LogP contribution in [0, 0.1) is 0 Å². The van der Waals surface area contributed by atoms with Crippen molar-refractivity contribution in [3.63, 3.8) is 0 Å². The molecular weight excluding hydrogens is 310 g/mol. The summed E-state index contributed by atoms with van der Waals surface area (Å²) in [6, 6.07) is 6.71. The van der Waals surface area contributed by atoms with Crippen molar-refractivity contribution in [3.8, 4) is 5.75 Å². The van der Waals surface area contributed by atoms with Crippen molar-refractivity contribution < 1.29 is 39.4 Å². The zero-order valence-corrected chi connectivity index (χ0v) is 11.9. The Labute approximate surface area is 131 Å². The maximum absolute atomic E-state index is 12.0. The molecule has 23 heavy (non-hydrogen) atoms. The highest BCUT2D eigenvalue weighted by molar-refractivity contribution is 5.96. The van der Waals surface area contributed by atoms with Crippen molar-refractivity contribution in [1.82, 2.24) is 0 Å². The molecule has 3 rings (SSSR count). The monoisotopic (exact) mass is 327 g/mol. The fraction of sp³-hybridized carbons (Fsp3) is 0.500. The summed E-state index contributed by atoms with van der Waals surface area (Å²) < 4.78 is 15.8. The van der Waals surface area contributed by atoms with Crippen molar-refractivity contribution in [3.05, 3.63) is 24.3 Å². The van der Waals surface area contributed by atoms with Gasteiger partial charge < -0.3 is 40.0 Å². The maximum Gasteiger partial charge on any atom is 0.294 e. The number of para-hydroxylation sites is 2. The predicted octanol–water partition coefficient (Wildman–Crippen LogP) is -1.84. The van der Waals surface area contributed by atoms with Gasteiger partial charge in [-0.3, -0.25) is 4.79 Å². The summed E-state index contributed by atoms with van der Waals surface area (Å²) in [6.45, 7) is -0.592. The number of rotatable bonds is 3. The Hall–Kier alpha value is -1.75. The number of amides is 1. The molecule has 1 fully saturated rings. The second kappa shape index (κ2) is 6.40. The Kier molecular flexibility index (Phi) is 4.48. The minimum Gasteiger partial charge on any atom is -0.453 e. The molecule has 5 unspecified atom stereocenters. The number of anilines is 1. The van der Waals surface area contributed by atoms with E-state index in [0.29, 0.717) is 11.4 Å². The first-order valence-electron chi connectivity index (χ1n) is 7.04. The van der Waals surface area contributed by atoms with Gasteiger partial charge in [0, 0.05) is 0 Å². The van der Waals surface area contributed by atoms with Gasteiger partial charge in [0.25, 0.3) is 12.2 Å². The molecule has 2 aliphatic rings. The number of nitrogens with one attached hydrogen (secondary N) is 1. The van der Waals surface area contributed by atoms with E-state index >= 15 is 0 Å². The molecule has 1 amide bonds. The molecule has 1 aromatic rings. The number of fused-ring (bicyclic) bond motifs is 1. The Bertz CT molecular complexity index is 580. The van der Waals surface area contributed by atoms with E-state index in [2.05, 4.69) is 5.32 Å². The minimum absolute atomic E-state index is 0.377. The van der Waals surface area contributed by atoms with Crippen LogP contribution in [0.5, 0.6) is 5.75 Å². The van der Waals surface area contributed by atoms with Crippen LogP contribution in [0.25, 0.3) is 0 Å². The second-order valence-corrected chi connectivity index (χ2v) is 5.27. The van der Waals surface area contributed by atoms with E-state index in [4.69, 9.17) is 19.3 Å². The van der Waals surface area contributed by atoms with Crippen molar-refractivity contribution in [2.75, 3.05) is 11.9 Å². The summed E-state index contributed by atoms with van der Waals surface area (Å²) in [4.78, 5) is 12.0. The van der Waals surface area contributed by atoms with Gasteiger partial charge in [-0.05, 0) is 12.1 Å². The van der Waals surface area contributed by atoms with Gasteiger partial charge >= 0.3 is 0 Å². The summed E-state index contributed by atoms with van der Waals surface area (Å²) in [7, 11) is 0. The Morgan fingerprint density at radius 3 is 2.61 bits per heavy atom. The molecule has 0 aliphatic carbocycles. The van der Waals surface area contributed by atoms with Crippen LogP contribution in [0.2, 0.25) is 0 Å². The highest BCUT2D eigenvalue weighted by Crippen LogP contribution is 2.31. The molecule has 9 heteroatoms. The molecular formula is C14H17NO8. The zero-order valence-electron chi connectivity index (χ0n) is 11.9. The van der Waals surface area contributed by atoms with Gasteiger partial charge in [-0.25, -0.2) is 0 Å². The highest BCUT2D eigenvalue weighted by atomic mass is 16.8. The maximum atomic E-state index is 12.0. The zero-order chi connectivity index (χ0) is 16.6. The van der Waals surface area contributed by atoms with Gasteiger partial charge in [-0.2, -0.15) is 0 Å². The van der Waals surface area contributed by atoms with Crippen LogP contribution in [-0.2, 0) is 14.3 Å². The molecule has 2 heterocycles. The first-order valence-corrected chi connectivity index (χ1v) is 7.04. The van der Waals surface area contributed by atoms with E-state index in [9.17, 15) is 20.1 Å². The van der Waals surface area contributed by atoms with Gasteiger partial charge in [0.15, 0.2) is 6.29 Å². The third-order valence-electron chi connectivity index (χ3n) is 3.70. The molecule has 1 saturated heterocycles. The number of carbonyl (C=O) groups is 1. The third-order valence-corrected chi connectivity index (χ3v) is 3.70. The van der Waals surface area contributed by atoms with Crippen molar-refractivity contribution in [2.24, 2.45) is 0 Å². The molecule has 0 saturated carbocycles. The second-order valence-electron chi connectivity index (χ2n) is 5.27. The molecule has 2 aliphatic heterocycles. The smallest absolute Gasteiger partial charge is 0.294 e. The largest absolute Gasteiger partial charge is 0.453 e. The number of carbonyl (C=O) groups excluding carboxylic acids is 1. The van der Waals surface area contributed by atoms with Crippen LogP contribution >= 0.6 is 0 Å². The van der Waals surface area contributed by atoms with E-state index in [1.165, 1.54) is 0 Å².